The molecule has 0 radical (unpaired) electrons. The number of hydrogen-bond donors (Lipinski definition) is 4. The van der Waals surface area contributed by atoms with Crippen LogP contribution in [0.3, 0.4) is 0 Å². The van der Waals surface area contributed by atoms with Gasteiger partial charge in [-0.15, -0.1) is 0 Å². The van der Waals surface area contributed by atoms with Crippen LogP contribution in [0.25, 0.3) is 22.3 Å². The number of methoxy groups -OCH3 is 1. The van der Waals surface area contributed by atoms with Gasteiger partial charge in [0.15, 0.2) is 0 Å². The van der Waals surface area contributed by atoms with Crippen molar-refractivity contribution in [2.75, 3.05) is 19.0 Å². The van der Waals surface area contributed by atoms with Gasteiger partial charge in [0.25, 0.3) is 11.5 Å². The normalized spacial score (nSPS) is 14.3. The number of ether oxygens (including phenoxy) is 1. The van der Waals surface area contributed by atoms with E-state index in [1.807, 2.05) is 44.2 Å². The number of hydrogen-bond acceptors (Lipinski definition) is 6. The molecular formula is C34H36FN5O5. The van der Waals surface area contributed by atoms with Crippen molar-refractivity contribution >= 4 is 17.5 Å². The second kappa shape index (κ2) is 13.3. The van der Waals surface area contributed by atoms with Crippen LogP contribution in [0.2, 0.25) is 0 Å². The quantitative estimate of drug-likeness (QED) is 0.198. The molecule has 45 heavy (non-hydrogen) atoms. The van der Waals surface area contributed by atoms with Crippen molar-refractivity contribution in [3.8, 4) is 28.0 Å². The SMILES string of the molecule is COc1cc(-c2cccc(-c3cccc(NC(=O)c4c[nH]c(=O)n(C)c4=O)c3C)c2C)cc(F)c1CNCCC1CCC(=O)N1. The maximum absolute atomic E-state index is 15.5. The lowest BCUT2D eigenvalue weighted by atomic mass is 9.90. The Hall–Kier alpha value is -5.03. The maximum atomic E-state index is 15.5. The van der Waals surface area contributed by atoms with Crippen molar-refractivity contribution in [1.29, 1.82) is 0 Å². The Balaban J connectivity index is 1.39. The number of carbonyl (C=O) groups excluding carboxylic acids is 2. The standard InChI is InChI=1S/C34H36FN5O5/c1-19-23(21-15-28(35)26(30(16-21)45-4)17-36-14-13-22-11-12-31(41)38-22)7-5-8-24(19)25-9-6-10-29(20(25)2)39-32(42)27-18-37-34(44)40(3)33(27)43/h5-10,15-16,18,22,36H,11-14,17H2,1-4H3,(H,37,44)(H,38,41)(H,39,42). The smallest absolute Gasteiger partial charge is 0.328 e. The number of H-pyrrole nitrogens is 1. The molecule has 1 atom stereocenters. The fourth-order valence-corrected chi connectivity index (χ4v) is 5.72. The van der Waals surface area contributed by atoms with E-state index in [1.165, 1.54) is 20.2 Å². The van der Waals surface area contributed by atoms with Crippen LogP contribution >= 0.6 is 0 Å². The van der Waals surface area contributed by atoms with Crippen LogP contribution < -0.4 is 31.9 Å². The van der Waals surface area contributed by atoms with Gasteiger partial charge in [0, 0.05) is 43.5 Å². The van der Waals surface area contributed by atoms with Crippen molar-refractivity contribution in [2.24, 2.45) is 7.05 Å². The number of aromatic nitrogens is 2. The Bertz CT molecular complexity index is 1900. The third kappa shape index (κ3) is 6.58. The lowest BCUT2D eigenvalue weighted by molar-refractivity contribution is -0.119. The molecule has 4 aromatic rings. The van der Waals surface area contributed by atoms with E-state index in [4.69, 9.17) is 4.74 Å². The Labute approximate surface area is 259 Å². The van der Waals surface area contributed by atoms with Gasteiger partial charge >= 0.3 is 5.69 Å². The summed E-state index contributed by atoms with van der Waals surface area (Å²) in [4.78, 5) is 50.9. The van der Waals surface area contributed by atoms with Crippen LogP contribution in [0, 0.1) is 19.7 Å². The minimum Gasteiger partial charge on any atom is -0.496 e. The summed E-state index contributed by atoms with van der Waals surface area (Å²) in [5.74, 6) is -0.510. The number of anilines is 1. The van der Waals surface area contributed by atoms with Gasteiger partial charge in [0.05, 0.1) is 7.11 Å². The van der Waals surface area contributed by atoms with E-state index in [-0.39, 0.29) is 29.9 Å². The van der Waals surface area contributed by atoms with Gasteiger partial charge in [-0.2, -0.15) is 0 Å². The average Bonchev–Trinajstić information content (AvgIpc) is 3.44. The Morgan fingerprint density at radius 1 is 1.04 bits per heavy atom. The first kappa shape index (κ1) is 31.4. The van der Waals surface area contributed by atoms with Gasteiger partial charge < -0.3 is 25.7 Å². The number of benzene rings is 3. The van der Waals surface area contributed by atoms with Gasteiger partial charge in [0.1, 0.15) is 17.1 Å². The number of nitrogens with zero attached hydrogens (tertiary/aromatic N) is 1. The van der Waals surface area contributed by atoms with E-state index in [2.05, 4.69) is 20.9 Å². The fourth-order valence-electron chi connectivity index (χ4n) is 5.72. The fraction of sp³-hybridized carbons (Fsp3) is 0.294. The van der Waals surface area contributed by atoms with Crippen LogP contribution in [0.5, 0.6) is 5.75 Å². The monoisotopic (exact) mass is 613 g/mol. The molecule has 1 fully saturated rings. The molecule has 5 rings (SSSR count). The van der Waals surface area contributed by atoms with Crippen LogP contribution in [0.1, 0.15) is 46.3 Å². The highest BCUT2D eigenvalue weighted by molar-refractivity contribution is 6.04. The second-order valence-electron chi connectivity index (χ2n) is 11.2. The molecule has 0 bridgehead atoms. The van der Waals surface area contributed by atoms with Crippen molar-refractivity contribution in [1.82, 2.24) is 20.2 Å². The zero-order valence-corrected chi connectivity index (χ0v) is 25.7. The number of amides is 2. The minimum atomic E-state index is -0.697. The molecule has 4 N–H and O–H groups in total. The Morgan fingerprint density at radius 2 is 1.76 bits per heavy atom. The zero-order valence-electron chi connectivity index (χ0n) is 25.7. The summed E-state index contributed by atoms with van der Waals surface area (Å²) in [7, 11) is 2.82. The molecule has 1 saturated heterocycles. The van der Waals surface area contributed by atoms with Crippen molar-refractivity contribution in [2.45, 2.75) is 45.7 Å². The van der Waals surface area contributed by atoms with E-state index in [9.17, 15) is 19.2 Å². The van der Waals surface area contributed by atoms with Crippen molar-refractivity contribution in [3.05, 3.63) is 104 Å². The van der Waals surface area contributed by atoms with Crippen molar-refractivity contribution in [3.63, 3.8) is 0 Å². The van der Waals surface area contributed by atoms with E-state index in [0.717, 1.165) is 51.4 Å². The Morgan fingerprint density at radius 3 is 2.47 bits per heavy atom. The molecule has 2 heterocycles. The molecule has 3 aromatic carbocycles. The van der Waals surface area contributed by atoms with Gasteiger partial charge in [-0.3, -0.25) is 19.0 Å². The summed E-state index contributed by atoms with van der Waals surface area (Å²) in [5.41, 5.74) is 4.37. The van der Waals surface area contributed by atoms with Crippen LogP contribution in [0.4, 0.5) is 10.1 Å². The molecule has 11 heteroatoms. The highest BCUT2D eigenvalue weighted by Gasteiger charge is 2.21. The molecule has 1 aromatic heterocycles. The average molecular weight is 614 g/mol. The molecule has 1 aliphatic rings. The topological polar surface area (TPSA) is 134 Å². The molecule has 1 aliphatic heterocycles. The largest absolute Gasteiger partial charge is 0.496 e. The molecule has 2 amide bonds. The Kier molecular flexibility index (Phi) is 9.29. The van der Waals surface area contributed by atoms with Crippen molar-refractivity contribution < 1.29 is 18.7 Å². The first-order valence-electron chi connectivity index (χ1n) is 14.8. The first-order chi connectivity index (χ1) is 21.6. The summed E-state index contributed by atoms with van der Waals surface area (Å²) in [6.07, 6.45) is 3.26. The van der Waals surface area contributed by atoms with E-state index >= 15 is 4.39 Å². The predicted molar refractivity (Wildman–Crippen MR) is 171 cm³/mol. The molecular weight excluding hydrogens is 577 g/mol. The zero-order chi connectivity index (χ0) is 32.2. The first-order valence-corrected chi connectivity index (χ1v) is 14.8. The van der Waals surface area contributed by atoms with E-state index in [0.29, 0.717) is 35.5 Å². The van der Waals surface area contributed by atoms with Gasteiger partial charge in [0.2, 0.25) is 5.91 Å². The predicted octanol–water partition coefficient (Wildman–Crippen LogP) is 4.18. The number of carbonyl (C=O) groups is 2. The second-order valence-corrected chi connectivity index (χ2v) is 11.2. The highest BCUT2D eigenvalue weighted by Crippen LogP contribution is 2.37. The van der Waals surface area contributed by atoms with Gasteiger partial charge in [-0.05, 0) is 84.8 Å². The number of rotatable bonds is 10. The summed E-state index contributed by atoms with van der Waals surface area (Å²) in [5, 5.41) is 9.00. The van der Waals surface area contributed by atoms with Crippen LogP contribution in [-0.2, 0) is 18.4 Å². The summed E-state index contributed by atoms with van der Waals surface area (Å²) in [6.45, 7) is 4.75. The maximum Gasteiger partial charge on any atom is 0.328 e. The summed E-state index contributed by atoms with van der Waals surface area (Å²) >= 11 is 0. The molecule has 10 nitrogen and oxygen atoms in total. The van der Waals surface area contributed by atoms with Gasteiger partial charge in [-0.25, -0.2) is 9.18 Å². The number of nitrogens with one attached hydrogen (secondary N) is 4. The lowest BCUT2D eigenvalue weighted by Crippen LogP contribution is -2.37. The molecule has 234 valence electrons. The summed E-state index contributed by atoms with van der Waals surface area (Å²) < 4.78 is 21.9. The molecule has 1 unspecified atom stereocenters. The van der Waals surface area contributed by atoms with Crippen LogP contribution in [-0.4, -0.2) is 41.1 Å². The van der Waals surface area contributed by atoms with Gasteiger partial charge in [-0.1, -0.05) is 30.3 Å². The highest BCUT2D eigenvalue weighted by atomic mass is 19.1. The minimum absolute atomic E-state index is 0.0770. The third-order valence-corrected chi connectivity index (χ3v) is 8.37. The van der Waals surface area contributed by atoms with E-state index < -0.39 is 17.2 Å². The van der Waals surface area contributed by atoms with E-state index in [1.54, 1.807) is 12.1 Å². The lowest BCUT2D eigenvalue weighted by Gasteiger charge is -2.18. The molecule has 0 saturated carbocycles. The summed E-state index contributed by atoms with van der Waals surface area (Å²) in [6, 6.07) is 14.8. The third-order valence-electron chi connectivity index (χ3n) is 8.37. The molecule has 0 spiro atoms. The van der Waals surface area contributed by atoms with Crippen LogP contribution in [0.15, 0.2) is 64.3 Å². The number of aromatic amines is 1. The molecule has 0 aliphatic carbocycles. The number of halogens is 1.